The summed E-state index contributed by atoms with van der Waals surface area (Å²) in [4.78, 5) is 4.27. The second-order valence-corrected chi connectivity index (χ2v) is 6.20. The van der Waals surface area contributed by atoms with Crippen LogP contribution in [0.25, 0.3) is 16.8 Å². The molecular weight excluding hydrogens is 348 g/mol. The van der Waals surface area contributed by atoms with E-state index in [0.717, 1.165) is 18.6 Å². The van der Waals surface area contributed by atoms with Crippen molar-refractivity contribution in [3.63, 3.8) is 0 Å². The third-order valence-corrected chi connectivity index (χ3v) is 4.13. The van der Waals surface area contributed by atoms with E-state index in [4.69, 9.17) is 0 Å². The molecule has 0 spiro atoms. The van der Waals surface area contributed by atoms with Crippen molar-refractivity contribution in [1.82, 2.24) is 14.6 Å². The second-order valence-electron chi connectivity index (χ2n) is 6.20. The van der Waals surface area contributed by atoms with Gasteiger partial charge in [0.25, 0.3) is 0 Å². The van der Waals surface area contributed by atoms with Crippen LogP contribution in [0, 0.1) is 12.7 Å². The molecule has 4 nitrogen and oxygen atoms in total. The lowest BCUT2D eigenvalue weighted by Crippen LogP contribution is -2.17. The zero-order valence-corrected chi connectivity index (χ0v) is 14.5. The van der Waals surface area contributed by atoms with Gasteiger partial charge in [0.1, 0.15) is 11.6 Å². The molecule has 0 aliphatic carbocycles. The summed E-state index contributed by atoms with van der Waals surface area (Å²) >= 11 is 0. The third kappa shape index (κ3) is 3.36. The summed E-state index contributed by atoms with van der Waals surface area (Å²) < 4.78 is 55.2. The molecule has 0 aliphatic rings. The van der Waals surface area contributed by atoms with Crippen LogP contribution in [0.4, 0.5) is 23.4 Å². The molecule has 2 heterocycles. The number of benzene rings is 1. The van der Waals surface area contributed by atoms with Gasteiger partial charge in [-0.3, -0.25) is 0 Å². The average molecular weight is 366 g/mol. The first-order valence-electron chi connectivity index (χ1n) is 8.20. The summed E-state index contributed by atoms with van der Waals surface area (Å²) in [6.07, 6.45) is -3.87. The zero-order chi connectivity index (χ0) is 19.1. The Morgan fingerprint density at radius 3 is 2.42 bits per heavy atom. The molecule has 0 amide bonds. The Kier molecular flexibility index (Phi) is 4.60. The van der Waals surface area contributed by atoms with E-state index in [1.54, 1.807) is 13.0 Å². The van der Waals surface area contributed by atoms with E-state index in [2.05, 4.69) is 15.4 Å². The molecule has 8 heteroatoms. The predicted molar refractivity (Wildman–Crippen MR) is 91.5 cm³/mol. The Morgan fingerprint density at radius 1 is 1.19 bits per heavy atom. The van der Waals surface area contributed by atoms with Crippen molar-refractivity contribution in [2.24, 2.45) is 0 Å². The van der Waals surface area contributed by atoms with Crippen molar-refractivity contribution in [2.75, 3.05) is 5.32 Å². The molecule has 0 bridgehead atoms. The first-order valence-corrected chi connectivity index (χ1v) is 8.20. The maximum absolute atomic E-state index is 13.6. The van der Waals surface area contributed by atoms with E-state index in [-0.39, 0.29) is 22.8 Å². The van der Waals surface area contributed by atoms with E-state index in [1.165, 1.54) is 16.6 Å². The fraction of sp³-hybridized carbons (Fsp3) is 0.333. The molecule has 1 atom stereocenters. The van der Waals surface area contributed by atoms with E-state index >= 15 is 0 Å². The van der Waals surface area contributed by atoms with Crippen LogP contribution in [0.5, 0.6) is 0 Å². The first kappa shape index (κ1) is 18.2. The van der Waals surface area contributed by atoms with Gasteiger partial charge < -0.3 is 5.32 Å². The summed E-state index contributed by atoms with van der Waals surface area (Å²) in [5, 5.41) is 6.95. The summed E-state index contributed by atoms with van der Waals surface area (Å²) in [6, 6.07) is 6.54. The lowest BCUT2D eigenvalue weighted by Gasteiger charge is -2.14. The van der Waals surface area contributed by atoms with Crippen molar-refractivity contribution in [1.29, 1.82) is 0 Å². The number of hydrogen-bond acceptors (Lipinski definition) is 3. The Bertz CT molecular complexity index is 929. The van der Waals surface area contributed by atoms with Crippen LogP contribution in [0.1, 0.15) is 31.7 Å². The number of alkyl halides is 3. The SMILES string of the molecule is CC[C@@H](C)Nc1cc(C)nc2c(-c3ccc(F)cc3)c(C(F)(F)F)nn12. The topological polar surface area (TPSA) is 42.2 Å². The predicted octanol–water partition coefficient (Wildman–Crippen LogP) is 5.07. The van der Waals surface area contributed by atoms with Crippen LogP contribution >= 0.6 is 0 Å². The molecular formula is C18H18F4N4. The number of rotatable bonds is 4. The van der Waals surface area contributed by atoms with Crippen molar-refractivity contribution in [3.05, 3.63) is 47.5 Å². The Morgan fingerprint density at radius 2 is 1.85 bits per heavy atom. The molecule has 0 saturated carbocycles. The minimum atomic E-state index is -4.67. The molecule has 3 aromatic rings. The van der Waals surface area contributed by atoms with Crippen LogP contribution < -0.4 is 5.32 Å². The molecule has 0 radical (unpaired) electrons. The highest BCUT2D eigenvalue weighted by atomic mass is 19.4. The summed E-state index contributed by atoms with van der Waals surface area (Å²) in [5.41, 5.74) is -0.362. The number of fused-ring (bicyclic) bond motifs is 1. The molecule has 0 unspecified atom stereocenters. The summed E-state index contributed by atoms with van der Waals surface area (Å²) in [6.45, 7) is 5.60. The monoisotopic (exact) mass is 366 g/mol. The van der Waals surface area contributed by atoms with Gasteiger partial charge in [-0.05, 0) is 38.0 Å². The van der Waals surface area contributed by atoms with Crippen molar-refractivity contribution in [2.45, 2.75) is 39.4 Å². The van der Waals surface area contributed by atoms with Crippen LogP contribution in [0.2, 0.25) is 0 Å². The normalized spacial score (nSPS) is 13.2. The zero-order valence-electron chi connectivity index (χ0n) is 14.5. The number of nitrogens with zero attached hydrogens (tertiary/aromatic N) is 3. The highest BCUT2D eigenvalue weighted by Gasteiger charge is 2.39. The number of halogens is 4. The van der Waals surface area contributed by atoms with E-state index in [9.17, 15) is 17.6 Å². The van der Waals surface area contributed by atoms with Gasteiger partial charge in [-0.2, -0.15) is 22.8 Å². The number of hydrogen-bond donors (Lipinski definition) is 1. The lowest BCUT2D eigenvalue weighted by molar-refractivity contribution is -0.140. The number of anilines is 1. The van der Waals surface area contributed by atoms with Gasteiger partial charge in [0.15, 0.2) is 11.3 Å². The number of nitrogens with one attached hydrogen (secondary N) is 1. The fourth-order valence-corrected chi connectivity index (χ4v) is 2.68. The minimum Gasteiger partial charge on any atom is -0.367 e. The molecule has 26 heavy (non-hydrogen) atoms. The first-order chi connectivity index (χ1) is 12.2. The summed E-state index contributed by atoms with van der Waals surface area (Å²) in [5.74, 6) is -0.0947. The number of aromatic nitrogens is 3. The van der Waals surface area contributed by atoms with Gasteiger partial charge in [-0.25, -0.2) is 9.37 Å². The standard InChI is InChI=1S/C18H18F4N4/c1-4-10(2)23-14-9-11(3)24-17-15(12-5-7-13(19)8-6-12)16(18(20,21)22)25-26(14)17/h5-10,23H,4H2,1-3H3/t10-/m1/s1. The smallest absolute Gasteiger partial charge is 0.367 e. The minimum absolute atomic E-state index is 0.0489. The molecule has 0 aliphatic heterocycles. The third-order valence-electron chi connectivity index (χ3n) is 4.13. The molecule has 1 N–H and O–H groups in total. The molecule has 0 fully saturated rings. The molecule has 3 rings (SSSR count). The maximum Gasteiger partial charge on any atom is 0.435 e. The molecule has 2 aromatic heterocycles. The highest BCUT2D eigenvalue weighted by molar-refractivity contribution is 5.81. The van der Waals surface area contributed by atoms with E-state index in [1.807, 2.05) is 13.8 Å². The van der Waals surface area contributed by atoms with Crippen LogP contribution in [0.3, 0.4) is 0 Å². The van der Waals surface area contributed by atoms with Crippen molar-refractivity contribution in [3.8, 4) is 11.1 Å². The van der Waals surface area contributed by atoms with Crippen LogP contribution in [-0.4, -0.2) is 20.6 Å². The van der Waals surface area contributed by atoms with Gasteiger partial charge in [0, 0.05) is 17.8 Å². The number of aryl methyl sites for hydroxylation is 1. The molecule has 1 aromatic carbocycles. The highest BCUT2D eigenvalue weighted by Crippen LogP contribution is 2.39. The Hall–Kier alpha value is -2.64. The van der Waals surface area contributed by atoms with E-state index < -0.39 is 17.7 Å². The van der Waals surface area contributed by atoms with Gasteiger partial charge in [0.2, 0.25) is 0 Å². The Labute approximate surface area is 147 Å². The quantitative estimate of drug-likeness (QED) is 0.655. The lowest BCUT2D eigenvalue weighted by atomic mass is 10.1. The Balaban J connectivity index is 2.32. The molecule has 138 valence electrons. The van der Waals surface area contributed by atoms with Crippen LogP contribution in [-0.2, 0) is 6.18 Å². The van der Waals surface area contributed by atoms with Crippen molar-refractivity contribution < 1.29 is 17.6 Å². The summed E-state index contributed by atoms with van der Waals surface area (Å²) in [7, 11) is 0. The van der Waals surface area contributed by atoms with Gasteiger partial charge in [-0.1, -0.05) is 19.1 Å². The second kappa shape index (κ2) is 6.59. The largest absolute Gasteiger partial charge is 0.435 e. The van der Waals surface area contributed by atoms with E-state index in [0.29, 0.717) is 11.5 Å². The van der Waals surface area contributed by atoms with Gasteiger partial charge >= 0.3 is 6.18 Å². The fourth-order valence-electron chi connectivity index (χ4n) is 2.68. The van der Waals surface area contributed by atoms with Gasteiger partial charge in [0.05, 0.1) is 5.56 Å². The van der Waals surface area contributed by atoms with Crippen LogP contribution in [0.15, 0.2) is 30.3 Å². The van der Waals surface area contributed by atoms with Crippen molar-refractivity contribution >= 4 is 11.5 Å². The molecule has 0 saturated heterocycles. The maximum atomic E-state index is 13.6. The average Bonchev–Trinajstić information content (AvgIpc) is 2.95. The van der Waals surface area contributed by atoms with Gasteiger partial charge in [-0.15, -0.1) is 0 Å².